The average Bonchev–Trinajstić information content (AvgIpc) is 2.90. The van der Waals surface area contributed by atoms with Gasteiger partial charge in [0.1, 0.15) is 6.10 Å². The van der Waals surface area contributed by atoms with E-state index >= 15 is 0 Å². The lowest BCUT2D eigenvalue weighted by Crippen LogP contribution is -2.25. The highest BCUT2D eigenvalue weighted by Crippen LogP contribution is 2.31. The van der Waals surface area contributed by atoms with Crippen LogP contribution in [0.4, 0.5) is 0 Å². The summed E-state index contributed by atoms with van der Waals surface area (Å²) in [6.07, 6.45) is 4.39. The van der Waals surface area contributed by atoms with Crippen molar-refractivity contribution in [2.45, 2.75) is 45.6 Å². The second kappa shape index (κ2) is 6.34. The van der Waals surface area contributed by atoms with Crippen LogP contribution in [-0.4, -0.2) is 34.2 Å². The Morgan fingerprint density at radius 3 is 3.05 bits per heavy atom. The largest absolute Gasteiger partial charge is 0.471 e. The molecule has 0 unspecified atom stereocenters. The monoisotopic (exact) mass is 283 g/mol. The van der Waals surface area contributed by atoms with Gasteiger partial charge in [-0.05, 0) is 25.6 Å². The zero-order valence-electron chi connectivity index (χ0n) is 11.5. The van der Waals surface area contributed by atoms with Crippen LogP contribution >= 0.6 is 12.2 Å². The van der Waals surface area contributed by atoms with Gasteiger partial charge in [-0.2, -0.15) is 9.78 Å². The number of nitrogens with two attached hydrogens (primary N) is 1. The molecular formula is C13H21N3O2S. The summed E-state index contributed by atoms with van der Waals surface area (Å²) in [6, 6.07) is 0. The Bertz CT molecular complexity index is 459. The third-order valence-corrected chi connectivity index (χ3v) is 3.43. The molecule has 0 bridgehead atoms. The molecule has 106 valence electrons. The second-order valence-electron chi connectivity index (χ2n) is 4.85. The fraction of sp³-hybridized carbons (Fsp3) is 0.692. The third-order valence-electron chi connectivity index (χ3n) is 3.25. The lowest BCUT2D eigenvalue weighted by molar-refractivity contribution is 0.0557. The van der Waals surface area contributed by atoms with Crippen molar-refractivity contribution in [3.05, 3.63) is 11.3 Å². The Morgan fingerprint density at radius 2 is 2.37 bits per heavy atom. The number of fused-ring (bicyclic) bond motifs is 1. The normalized spacial score (nSPS) is 17.3. The summed E-state index contributed by atoms with van der Waals surface area (Å²) in [4.78, 5) is 0. The SMILES string of the molecule is CCCCCOC[C@@H]1Cc2c(C)nn(C(N)=S)c2O1. The molecular weight excluding hydrogens is 262 g/mol. The van der Waals surface area contributed by atoms with E-state index in [0.717, 1.165) is 30.7 Å². The molecule has 1 aromatic heterocycles. The van der Waals surface area contributed by atoms with E-state index in [2.05, 4.69) is 12.0 Å². The molecule has 0 saturated heterocycles. The van der Waals surface area contributed by atoms with E-state index < -0.39 is 0 Å². The van der Waals surface area contributed by atoms with E-state index in [1.54, 1.807) is 0 Å². The Morgan fingerprint density at radius 1 is 1.58 bits per heavy atom. The zero-order chi connectivity index (χ0) is 13.8. The first-order valence-corrected chi connectivity index (χ1v) is 7.17. The van der Waals surface area contributed by atoms with Crippen molar-refractivity contribution >= 4 is 17.3 Å². The molecule has 0 spiro atoms. The van der Waals surface area contributed by atoms with E-state index in [-0.39, 0.29) is 11.2 Å². The van der Waals surface area contributed by atoms with Crippen molar-refractivity contribution in [3.63, 3.8) is 0 Å². The van der Waals surface area contributed by atoms with Crippen molar-refractivity contribution in [2.24, 2.45) is 5.73 Å². The molecule has 5 nitrogen and oxygen atoms in total. The van der Waals surface area contributed by atoms with E-state index in [9.17, 15) is 0 Å². The highest BCUT2D eigenvalue weighted by molar-refractivity contribution is 7.80. The number of aromatic nitrogens is 2. The number of unbranched alkanes of at least 4 members (excludes halogenated alkanes) is 2. The summed E-state index contributed by atoms with van der Waals surface area (Å²) < 4.78 is 13.0. The molecule has 0 radical (unpaired) electrons. The lowest BCUT2D eigenvalue weighted by Gasteiger charge is -2.12. The topological polar surface area (TPSA) is 62.3 Å². The molecule has 2 rings (SSSR count). The van der Waals surface area contributed by atoms with Crippen molar-refractivity contribution in [1.29, 1.82) is 0 Å². The van der Waals surface area contributed by atoms with Crippen LogP contribution in [0.1, 0.15) is 37.4 Å². The summed E-state index contributed by atoms with van der Waals surface area (Å²) in [6.45, 7) is 5.53. The quantitative estimate of drug-likeness (QED) is 0.637. The van der Waals surface area contributed by atoms with Gasteiger partial charge in [0.25, 0.3) is 0 Å². The smallest absolute Gasteiger partial charge is 0.222 e. The fourth-order valence-corrected chi connectivity index (χ4v) is 2.36. The standard InChI is InChI=1S/C13H21N3O2S/c1-3-4-5-6-17-8-10-7-11-9(2)15-16(13(14)19)12(11)18-10/h10H,3-8H2,1-2H3,(H2,14,19)/t10-/m0/s1. The minimum absolute atomic E-state index is 0.0499. The summed E-state index contributed by atoms with van der Waals surface area (Å²) in [5.74, 6) is 0.687. The Hall–Kier alpha value is -1.14. The van der Waals surface area contributed by atoms with Gasteiger partial charge in [0.05, 0.1) is 12.3 Å². The highest BCUT2D eigenvalue weighted by Gasteiger charge is 2.30. The molecule has 0 fully saturated rings. The van der Waals surface area contributed by atoms with Crippen LogP contribution < -0.4 is 10.5 Å². The fourth-order valence-electron chi connectivity index (χ4n) is 2.23. The first kappa shape index (κ1) is 14.3. The van der Waals surface area contributed by atoms with Crippen LogP contribution in [0.25, 0.3) is 0 Å². The number of ether oxygens (including phenoxy) is 2. The molecule has 1 aromatic rings. The number of rotatable bonds is 6. The summed E-state index contributed by atoms with van der Waals surface area (Å²) in [5.41, 5.74) is 7.64. The number of hydrogen-bond donors (Lipinski definition) is 1. The Balaban J connectivity index is 1.86. The molecule has 1 aliphatic heterocycles. The first-order chi connectivity index (χ1) is 9.13. The van der Waals surface area contributed by atoms with Crippen LogP contribution in [0.2, 0.25) is 0 Å². The Labute approximate surface area is 119 Å². The van der Waals surface area contributed by atoms with Gasteiger partial charge in [-0.3, -0.25) is 0 Å². The van der Waals surface area contributed by atoms with E-state index in [1.807, 2.05) is 6.92 Å². The molecule has 19 heavy (non-hydrogen) atoms. The van der Waals surface area contributed by atoms with Gasteiger partial charge >= 0.3 is 0 Å². The van der Waals surface area contributed by atoms with Crippen molar-refractivity contribution in [3.8, 4) is 5.88 Å². The Kier molecular flexibility index (Phi) is 4.76. The lowest BCUT2D eigenvalue weighted by atomic mass is 10.1. The van der Waals surface area contributed by atoms with Gasteiger partial charge in [-0.25, -0.2) is 0 Å². The van der Waals surface area contributed by atoms with Crippen molar-refractivity contribution < 1.29 is 9.47 Å². The summed E-state index contributed by atoms with van der Waals surface area (Å²) >= 11 is 4.96. The molecule has 2 heterocycles. The van der Waals surface area contributed by atoms with Crippen LogP contribution in [0, 0.1) is 6.92 Å². The predicted octanol–water partition coefficient (Wildman–Crippen LogP) is 1.79. The molecule has 1 aliphatic rings. The molecule has 6 heteroatoms. The maximum atomic E-state index is 5.83. The minimum atomic E-state index is 0.0499. The van der Waals surface area contributed by atoms with Gasteiger partial charge in [-0.15, -0.1) is 0 Å². The maximum Gasteiger partial charge on any atom is 0.222 e. The van der Waals surface area contributed by atoms with Crippen LogP contribution in [0.3, 0.4) is 0 Å². The molecule has 0 amide bonds. The van der Waals surface area contributed by atoms with Crippen LogP contribution in [-0.2, 0) is 11.2 Å². The predicted molar refractivity (Wildman–Crippen MR) is 77.6 cm³/mol. The second-order valence-corrected chi connectivity index (χ2v) is 5.26. The number of thiocarbonyl (C=S) groups is 1. The van der Waals surface area contributed by atoms with Gasteiger partial charge in [0.2, 0.25) is 5.88 Å². The van der Waals surface area contributed by atoms with Gasteiger partial charge in [0.15, 0.2) is 5.11 Å². The van der Waals surface area contributed by atoms with Crippen LogP contribution in [0.15, 0.2) is 0 Å². The molecule has 0 aromatic carbocycles. The van der Waals surface area contributed by atoms with E-state index in [1.165, 1.54) is 17.5 Å². The molecule has 0 aliphatic carbocycles. The minimum Gasteiger partial charge on any atom is -0.471 e. The third kappa shape index (κ3) is 3.25. The first-order valence-electron chi connectivity index (χ1n) is 6.76. The highest BCUT2D eigenvalue weighted by atomic mass is 32.1. The maximum absolute atomic E-state index is 5.83. The van der Waals surface area contributed by atoms with Crippen molar-refractivity contribution in [1.82, 2.24) is 9.78 Å². The molecule has 0 saturated carbocycles. The number of hydrogen-bond acceptors (Lipinski definition) is 4. The van der Waals surface area contributed by atoms with Gasteiger partial charge < -0.3 is 15.2 Å². The molecule has 2 N–H and O–H groups in total. The average molecular weight is 283 g/mol. The van der Waals surface area contributed by atoms with Gasteiger partial charge in [0, 0.05) is 18.6 Å². The number of aryl methyl sites for hydroxylation is 1. The zero-order valence-corrected chi connectivity index (χ0v) is 12.3. The summed E-state index contributed by atoms with van der Waals surface area (Å²) in [5, 5.41) is 4.49. The summed E-state index contributed by atoms with van der Waals surface area (Å²) in [7, 11) is 0. The van der Waals surface area contributed by atoms with E-state index in [0.29, 0.717) is 12.5 Å². The molecule has 1 atom stereocenters. The van der Waals surface area contributed by atoms with Gasteiger partial charge in [-0.1, -0.05) is 19.8 Å². The van der Waals surface area contributed by atoms with Crippen molar-refractivity contribution in [2.75, 3.05) is 13.2 Å². The number of nitrogens with zero attached hydrogens (tertiary/aromatic N) is 2. The van der Waals surface area contributed by atoms with E-state index in [4.69, 9.17) is 27.4 Å². The van der Waals surface area contributed by atoms with Crippen LogP contribution in [0.5, 0.6) is 5.88 Å².